The fourth-order valence-electron chi connectivity index (χ4n) is 3.72. The molecule has 0 aliphatic heterocycles. The summed E-state index contributed by atoms with van der Waals surface area (Å²) in [5, 5.41) is 2.98. The quantitative estimate of drug-likeness (QED) is 0.559. The molecular formula is C23H30. The van der Waals surface area contributed by atoms with Crippen molar-refractivity contribution in [1.82, 2.24) is 0 Å². The highest BCUT2D eigenvalue weighted by atomic mass is 14.3. The van der Waals surface area contributed by atoms with Gasteiger partial charge in [-0.25, -0.2) is 0 Å². The Hall–Kier alpha value is -1.56. The van der Waals surface area contributed by atoms with E-state index in [9.17, 15) is 0 Å². The molecule has 0 radical (unpaired) electrons. The van der Waals surface area contributed by atoms with Crippen molar-refractivity contribution in [2.75, 3.05) is 0 Å². The SMILES string of the molecule is CCc1cc(C(C)(C)C)c2c3c(cc(C(C)(C)C)cc13)CC=C2. The van der Waals surface area contributed by atoms with E-state index in [1.54, 1.807) is 0 Å². The van der Waals surface area contributed by atoms with E-state index in [-0.39, 0.29) is 10.8 Å². The molecule has 0 spiro atoms. The van der Waals surface area contributed by atoms with E-state index in [1.165, 1.54) is 38.6 Å². The highest BCUT2D eigenvalue weighted by Gasteiger charge is 2.24. The standard InChI is InChI=1S/C23H30/c1-8-15-13-20(23(5,6)7)18-11-9-10-16-12-17(22(2,3)4)14-19(15)21(16)18/h9,11-14H,8,10H2,1-7H3. The number of hydrogen-bond acceptors (Lipinski definition) is 0. The first-order valence-electron chi connectivity index (χ1n) is 8.93. The zero-order chi connectivity index (χ0) is 17.0. The van der Waals surface area contributed by atoms with Gasteiger partial charge in [-0.15, -0.1) is 0 Å². The molecule has 1 aliphatic carbocycles. The molecule has 0 nitrogen and oxygen atoms in total. The molecule has 2 aromatic carbocycles. The number of rotatable bonds is 1. The first kappa shape index (κ1) is 16.3. The molecule has 0 N–H and O–H groups in total. The summed E-state index contributed by atoms with van der Waals surface area (Å²) in [5.74, 6) is 0. The van der Waals surface area contributed by atoms with Gasteiger partial charge in [-0.05, 0) is 62.3 Å². The monoisotopic (exact) mass is 306 g/mol. The molecule has 122 valence electrons. The largest absolute Gasteiger partial charge is 0.0795 e. The lowest BCUT2D eigenvalue weighted by Crippen LogP contribution is -2.16. The van der Waals surface area contributed by atoms with Gasteiger partial charge in [0.25, 0.3) is 0 Å². The summed E-state index contributed by atoms with van der Waals surface area (Å²) in [6, 6.07) is 7.36. The third kappa shape index (κ3) is 2.73. The second kappa shape index (κ2) is 5.23. The summed E-state index contributed by atoms with van der Waals surface area (Å²) in [6.45, 7) is 16.2. The fraction of sp³-hybridized carbons (Fsp3) is 0.478. The minimum absolute atomic E-state index is 0.176. The maximum atomic E-state index is 2.46. The van der Waals surface area contributed by atoms with Crippen LogP contribution in [0.25, 0.3) is 16.8 Å². The summed E-state index contributed by atoms with van der Waals surface area (Å²) >= 11 is 0. The van der Waals surface area contributed by atoms with E-state index in [4.69, 9.17) is 0 Å². The van der Waals surface area contributed by atoms with E-state index in [2.05, 4.69) is 78.8 Å². The van der Waals surface area contributed by atoms with Crippen LogP contribution >= 0.6 is 0 Å². The molecule has 3 rings (SSSR count). The lowest BCUT2D eigenvalue weighted by Gasteiger charge is -2.29. The lowest BCUT2D eigenvalue weighted by atomic mass is 9.75. The molecule has 0 amide bonds. The Bertz CT molecular complexity index is 790. The van der Waals surface area contributed by atoms with E-state index in [0.29, 0.717) is 0 Å². The second-order valence-electron chi connectivity index (χ2n) is 9.01. The molecule has 0 bridgehead atoms. The van der Waals surface area contributed by atoms with Gasteiger partial charge in [-0.3, -0.25) is 0 Å². The van der Waals surface area contributed by atoms with Crippen molar-refractivity contribution in [2.24, 2.45) is 0 Å². The van der Waals surface area contributed by atoms with E-state index in [1.807, 2.05) is 0 Å². The van der Waals surface area contributed by atoms with Crippen molar-refractivity contribution in [3.8, 4) is 0 Å². The van der Waals surface area contributed by atoms with E-state index in [0.717, 1.165) is 12.8 Å². The molecule has 0 saturated heterocycles. The van der Waals surface area contributed by atoms with Crippen LogP contribution < -0.4 is 0 Å². The predicted octanol–water partition coefficient (Wildman–Crippen LogP) is 6.57. The summed E-state index contributed by atoms with van der Waals surface area (Å²) < 4.78 is 0. The van der Waals surface area contributed by atoms with Crippen LogP contribution in [0, 0.1) is 0 Å². The summed E-state index contributed by atoms with van der Waals surface area (Å²) in [5.41, 5.74) is 7.77. The number of aryl methyl sites for hydroxylation is 1. The van der Waals surface area contributed by atoms with Crippen molar-refractivity contribution >= 4 is 16.8 Å². The van der Waals surface area contributed by atoms with Gasteiger partial charge in [0.05, 0.1) is 0 Å². The highest BCUT2D eigenvalue weighted by Crippen LogP contribution is 2.40. The van der Waals surface area contributed by atoms with Crippen LogP contribution in [-0.2, 0) is 23.7 Å². The van der Waals surface area contributed by atoms with E-state index < -0.39 is 0 Å². The number of benzene rings is 2. The molecule has 0 heterocycles. The van der Waals surface area contributed by atoms with E-state index >= 15 is 0 Å². The Balaban J connectivity index is 2.46. The second-order valence-corrected chi connectivity index (χ2v) is 9.01. The first-order valence-corrected chi connectivity index (χ1v) is 8.93. The Labute approximate surface area is 141 Å². The van der Waals surface area contributed by atoms with Crippen LogP contribution in [0.1, 0.15) is 76.3 Å². The van der Waals surface area contributed by atoms with Crippen molar-refractivity contribution in [1.29, 1.82) is 0 Å². The molecule has 0 fully saturated rings. The van der Waals surface area contributed by atoms with Crippen molar-refractivity contribution in [3.63, 3.8) is 0 Å². The van der Waals surface area contributed by atoms with Crippen LogP contribution in [0.2, 0.25) is 0 Å². The molecule has 0 atom stereocenters. The van der Waals surface area contributed by atoms with Crippen LogP contribution in [0.3, 0.4) is 0 Å². The van der Waals surface area contributed by atoms with Gasteiger partial charge in [0, 0.05) is 0 Å². The van der Waals surface area contributed by atoms with Gasteiger partial charge in [-0.1, -0.05) is 78.8 Å². The van der Waals surface area contributed by atoms with Gasteiger partial charge >= 0.3 is 0 Å². The molecular weight excluding hydrogens is 276 g/mol. The normalized spacial score (nSPS) is 14.6. The molecule has 2 aromatic rings. The number of allylic oxidation sites excluding steroid dienone is 1. The van der Waals surface area contributed by atoms with Crippen LogP contribution in [0.4, 0.5) is 0 Å². The minimum atomic E-state index is 0.176. The first-order chi connectivity index (χ1) is 10.6. The molecule has 23 heavy (non-hydrogen) atoms. The average Bonchev–Trinajstić information content (AvgIpc) is 2.45. The molecule has 0 saturated carbocycles. The molecule has 0 aromatic heterocycles. The number of hydrogen-bond donors (Lipinski definition) is 0. The Morgan fingerprint density at radius 3 is 2.17 bits per heavy atom. The van der Waals surface area contributed by atoms with Crippen LogP contribution in [-0.4, -0.2) is 0 Å². The summed E-state index contributed by atoms with van der Waals surface area (Å²) in [7, 11) is 0. The van der Waals surface area contributed by atoms with Gasteiger partial charge in [0.1, 0.15) is 0 Å². The highest BCUT2D eigenvalue weighted by molar-refractivity contribution is 5.99. The third-order valence-corrected chi connectivity index (χ3v) is 5.12. The third-order valence-electron chi connectivity index (χ3n) is 5.12. The smallest absolute Gasteiger partial charge is 0.00703 e. The van der Waals surface area contributed by atoms with Crippen LogP contribution in [0.5, 0.6) is 0 Å². The van der Waals surface area contributed by atoms with Crippen molar-refractivity contribution in [3.05, 3.63) is 52.1 Å². The average molecular weight is 306 g/mol. The maximum absolute atomic E-state index is 2.46. The zero-order valence-electron chi connectivity index (χ0n) is 15.8. The van der Waals surface area contributed by atoms with Gasteiger partial charge in [0.15, 0.2) is 0 Å². The predicted molar refractivity (Wildman–Crippen MR) is 103 cm³/mol. The van der Waals surface area contributed by atoms with Gasteiger partial charge in [0.2, 0.25) is 0 Å². The van der Waals surface area contributed by atoms with Gasteiger partial charge < -0.3 is 0 Å². The lowest BCUT2D eigenvalue weighted by molar-refractivity contribution is 0.587. The summed E-state index contributed by atoms with van der Waals surface area (Å²) in [6.07, 6.45) is 6.84. The minimum Gasteiger partial charge on any atom is -0.0795 e. The van der Waals surface area contributed by atoms with Crippen LogP contribution in [0.15, 0.2) is 24.3 Å². The molecule has 1 aliphatic rings. The van der Waals surface area contributed by atoms with Gasteiger partial charge in [-0.2, -0.15) is 0 Å². The molecule has 0 heteroatoms. The molecule has 0 unspecified atom stereocenters. The van der Waals surface area contributed by atoms with Crippen molar-refractivity contribution < 1.29 is 0 Å². The zero-order valence-corrected chi connectivity index (χ0v) is 15.8. The fourth-order valence-corrected chi connectivity index (χ4v) is 3.72. The maximum Gasteiger partial charge on any atom is -0.00703 e. The topological polar surface area (TPSA) is 0 Å². The Morgan fingerprint density at radius 1 is 0.913 bits per heavy atom. The summed E-state index contributed by atoms with van der Waals surface area (Å²) in [4.78, 5) is 0. The van der Waals surface area contributed by atoms with Crippen molar-refractivity contribution in [2.45, 2.75) is 72.1 Å². The Morgan fingerprint density at radius 2 is 1.61 bits per heavy atom. The Kier molecular flexibility index (Phi) is 3.71.